The van der Waals surface area contributed by atoms with Crippen LogP contribution in [0.15, 0.2) is 35.3 Å². The van der Waals surface area contributed by atoms with Crippen molar-refractivity contribution in [3.05, 3.63) is 35.9 Å². The van der Waals surface area contributed by atoms with Gasteiger partial charge in [-0.25, -0.2) is 0 Å². The van der Waals surface area contributed by atoms with E-state index in [0.29, 0.717) is 6.04 Å². The monoisotopic (exact) mass is 507 g/mol. The molecule has 1 heterocycles. The van der Waals surface area contributed by atoms with Crippen LogP contribution in [0, 0.1) is 0 Å². The molecule has 21 heavy (non-hydrogen) atoms. The summed E-state index contributed by atoms with van der Waals surface area (Å²) < 4.78 is 5.95. The molecule has 1 fully saturated rings. The summed E-state index contributed by atoms with van der Waals surface area (Å²) in [5.41, 5.74) is 1.38. The van der Waals surface area contributed by atoms with Crippen LogP contribution in [-0.4, -0.2) is 18.0 Å². The van der Waals surface area contributed by atoms with Crippen LogP contribution in [0.25, 0.3) is 0 Å². The Balaban J connectivity index is 0.00000133. The predicted molar refractivity (Wildman–Crippen MR) is 73.9 cm³/mol. The average molecular weight is 510 g/mol. The summed E-state index contributed by atoms with van der Waals surface area (Å²) >= 11 is 0. The molecule has 1 atom stereocenters. The van der Waals surface area contributed by atoms with Gasteiger partial charge < -0.3 is 38.7 Å². The van der Waals surface area contributed by atoms with Crippen LogP contribution >= 0.6 is 0 Å². The van der Waals surface area contributed by atoms with Gasteiger partial charge in [0.05, 0.1) is 6.04 Å². The fourth-order valence-corrected chi connectivity index (χ4v) is 3.28. The van der Waals surface area contributed by atoms with Crippen molar-refractivity contribution in [1.82, 2.24) is 0 Å². The van der Waals surface area contributed by atoms with Crippen LogP contribution in [0.2, 0.25) is 0 Å². The standard InChI is InChI=1S/C16H21NO.2BrH.Pd/c1-2-7-11-16(10-6-1)15(17-13-18-16)12-14-8-4-3-5-9-14;;;/h3-5,8-9,13,15H,1-2,6-7,10-12H2;2*1H;/q;;;+2/p-2/t15-;;;/m1.../s1. The molecule has 2 nitrogen and oxygen atoms in total. The van der Waals surface area contributed by atoms with Crippen LogP contribution in [-0.2, 0) is 31.6 Å². The summed E-state index contributed by atoms with van der Waals surface area (Å²) in [5, 5.41) is 0. The van der Waals surface area contributed by atoms with Gasteiger partial charge in [-0.15, -0.1) is 0 Å². The van der Waals surface area contributed by atoms with Gasteiger partial charge in [-0.2, -0.15) is 0 Å². The molecule has 2 aliphatic rings. The third kappa shape index (κ3) is 5.17. The fourth-order valence-electron chi connectivity index (χ4n) is 3.28. The first-order valence-electron chi connectivity index (χ1n) is 7.12. The Morgan fingerprint density at radius 3 is 2.24 bits per heavy atom. The molecule has 1 aromatic rings. The maximum absolute atomic E-state index is 5.95. The Morgan fingerprint density at radius 1 is 1.00 bits per heavy atom. The minimum Gasteiger partial charge on any atom is -1.00 e. The molecule has 0 radical (unpaired) electrons. The molecule has 0 saturated heterocycles. The first-order chi connectivity index (χ1) is 8.89. The van der Waals surface area contributed by atoms with Crippen LogP contribution in [0.5, 0.6) is 0 Å². The van der Waals surface area contributed by atoms with Gasteiger partial charge in [0.25, 0.3) is 0 Å². The number of benzene rings is 1. The van der Waals surface area contributed by atoms with Crippen molar-refractivity contribution in [2.45, 2.75) is 56.6 Å². The molecule has 3 rings (SSSR count). The molecule has 0 unspecified atom stereocenters. The van der Waals surface area contributed by atoms with Crippen molar-refractivity contribution in [3.63, 3.8) is 0 Å². The summed E-state index contributed by atoms with van der Waals surface area (Å²) in [6.07, 6.45) is 10.3. The zero-order chi connectivity index (χ0) is 12.3. The summed E-state index contributed by atoms with van der Waals surface area (Å²) in [4.78, 5) is 4.60. The molecular weight excluding hydrogens is 488 g/mol. The third-order valence-corrected chi connectivity index (χ3v) is 4.36. The quantitative estimate of drug-likeness (QED) is 0.414. The van der Waals surface area contributed by atoms with Gasteiger partial charge >= 0.3 is 20.4 Å². The van der Waals surface area contributed by atoms with E-state index in [1.807, 2.05) is 0 Å². The van der Waals surface area contributed by atoms with E-state index in [1.54, 1.807) is 6.40 Å². The predicted octanol–water partition coefficient (Wildman–Crippen LogP) is -2.25. The number of ether oxygens (including phenoxy) is 1. The smallest absolute Gasteiger partial charge is 1.00 e. The van der Waals surface area contributed by atoms with E-state index in [4.69, 9.17) is 4.74 Å². The van der Waals surface area contributed by atoms with Crippen molar-refractivity contribution in [1.29, 1.82) is 0 Å². The summed E-state index contributed by atoms with van der Waals surface area (Å²) in [6, 6.07) is 11.0. The first kappa shape index (κ1) is 21.3. The second-order valence-corrected chi connectivity index (χ2v) is 5.56. The van der Waals surface area contributed by atoms with Gasteiger partial charge in [-0.3, -0.25) is 4.99 Å². The molecule has 0 bridgehead atoms. The van der Waals surface area contributed by atoms with Crippen molar-refractivity contribution in [3.8, 4) is 0 Å². The van der Waals surface area contributed by atoms with Gasteiger partial charge in [0.2, 0.25) is 0 Å². The molecule has 1 saturated carbocycles. The van der Waals surface area contributed by atoms with Gasteiger partial charge in [-0.1, -0.05) is 43.2 Å². The Labute approximate surface area is 162 Å². The Kier molecular flexibility index (Phi) is 10.3. The zero-order valence-corrected chi connectivity index (χ0v) is 16.6. The summed E-state index contributed by atoms with van der Waals surface area (Å²) in [7, 11) is 0. The normalized spacial score (nSPS) is 22.2. The minimum absolute atomic E-state index is 0. The fraction of sp³-hybridized carbons (Fsp3) is 0.562. The number of aliphatic imine (C=N–C) groups is 1. The maximum atomic E-state index is 5.95. The van der Waals surface area contributed by atoms with Crippen LogP contribution < -0.4 is 34.0 Å². The number of nitrogens with zero attached hydrogens (tertiary/aromatic N) is 1. The zero-order valence-electron chi connectivity index (χ0n) is 11.9. The molecule has 0 N–H and O–H groups in total. The number of rotatable bonds is 2. The van der Waals surface area contributed by atoms with Crippen molar-refractivity contribution in [2.75, 3.05) is 0 Å². The molecule has 1 spiro atoms. The number of hydrogen-bond acceptors (Lipinski definition) is 2. The number of halogens is 2. The van der Waals surface area contributed by atoms with E-state index >= 15 is 0 Å². The second-order valence-electron chi connectivity index (χ2n) is 5.56. The Hall–Kier alpha value is 0.312. The van der Waals surface area contributed by atoms with Crippen molar-refractivity contribution >= 4 is 6.40 Å². The number of hydrogen-bond donors (Lipinski definition) is 0. The minimum atomic E-state index is 0. The first-order valence-corrected chi connectivity index (χ1v) is 7.12. The molecule has 120 valence electrons. The largest absolute Gasteiger partial charge is 2.00 e. The van der Waals surface area contributed by atoms with Crippen LogP contribution in [0.3, 0.4) is 0 Å². The van der Waals surface area contributed by atoms with E-state index in [-0.39, 0.29) is 60.0 Å². The molecule has 1 aromatic carbocycles. The average Bonchev–Trinajstić information content (AvgIpc) is 2.63. The molecule has 1 aliphatic carbocycles. The molecule has 5 heteroatoms. The third-order valence-electron chi connectivity index (χ3n) is 4.36. The summed E-state index contributed by atoms with van der Waals surface area (Å²) in [6.45, 7) is 0. The Morgan fingerprint density at radius 2 is 1.62 bits per heavy atom. The van der Waals surface area contributed by atoms with E-state index in [0.717, 1.165) is 6.42 Å². The maximum Gasteiger partial charge on any atom is 2.00 e. The van der Waals surface area contributed by atoms with E-state index in [1.165, 1.54) is 44.1 Å². The molecule has 1 aliphatic heterocycles. The van der Waals surface area contributed by atoms with E-state index in [9.17, 15) is 0 Å². The van der Waals surface area contributed by atoms with Gasteiger partial charge in [0.15, 0.2) is 6.40 Å². The van der Waals surface area contributed by atoms with Crippen molar-refractivity contribution < 1.29 is 59.1 Å². The van der Waals surface area contributed by atoms with E-state index in [2.05, 4.69) is 35.3 Å². The molecule has 0 aromatic heterocycles. The van der Waals surface area contributed by atoms with E-state index < -0.39 is 0 Å². The second kappa shape index (κ2) is 10.2. The van der Waals surface area contributed by atoms with Gasteiger partial charge in [-0.05, 0) is 37.7 Å². The van der Waals surface area contributed by atoms with Gasteiger partial charge in [0, 0.05) is 0 Å². The SMILES string of the molecule is C1=N[C@H](Cc2ccccc2)C2(CCCCCC2)O1.[Br-].[Br-].[Pd+2]. The summed E-state index contributed by atoms with van der Waals surface area (Å²) in [5.74, 6) is 0. The Bertz CT molecular complexity index is 420. The topological polar surface area (TPSA) is 21.6 Å². The molecular formula is C16H21Br2NOPd. The van der Waals surface area contributed by atoms with Gasteiger partial charge in [0.1, 0.15) is 5.60 Å². The van der Waals surface area contributed by atoms with Crippen LogP contribution in [0.4, 0.5) is 0 Å². The van der Waals surface area contributed by atoms with Crippen molar-refractivity contribution in [2.24, 2.45) is 4.99 Å². The molecule has 0 amide bonds. The van der Waals surface area contributed by atoms with Crippen LogP contribution in [0.1, 0.15) is 44.1 Å².